The summed E-state index contributed by atoms with van der Waals surface area (Å²) in [5.41, 5.74) is 0.905. The number of fused-ring (bicyclic) bond motifs is 1. The summed E-state index contributed by atoms with van der Waals surface area (Å²) in [6.07, 6.45) is 7.28. The molecule has 3 heterocycles. The van der Waals surface area contributed by atoms with Crippen molar-refractivity contribution in [3.8, 4) is 0 Å². The number of anilines is 1. The van der Waals surface area contributed by atoms with Crippen LogP contribution in [0.1, 0.15) is 26.2 Å². The van der Waals surface area contributed by atoms with Gasteiger partial charge in [-0.25, -0.2) is 9.97 Å². The van der Waals surface area contributed by atoms with Gasteiger partial charge in [-0.3, -0.25) is 4.68 Å². The predicted molar refractivity (Wildman–Crippen MR) is 79.8 cm³/mol. The van der Waals surface area contributed by atoms with Crippen molar-refractivity contribution in [1.29, 1.82) is 0 Å². The summed E-state index contributed by atoms with van der Waals surface area (Å²) in [5.74, 6) is 1.03. The lowest BCUT2D eigenvalue weighted by atomic mass is 10.0. The molecule has 1 N–H and O–H groups in total. The summed E-state index contributed by atoms with van der Waals surface area (Å²) < 4.78 is 1.81. The molecule has 0 radical (unpaired) electrons. The fourth-order valence-corrected chi connectivity index (χ4v) is 2.98. The standard InChI is InChI=1S/C14H22N6/c1-3-15-8-11-6-4-5-7-20(11)14-12-9-18-19(2)13(12)16-10-17-14/h9-11,15H,3-8H2,1-2H3. The van der Waals surface area contributed by atoms with Crippen LogP contribution < -0.4 is 10.2 Å². The molecular formula is C14H22N6. The molecule has 0 aliphatic carbocycles. The average Bonchev–Trinajstić information content (AvgIpc) is 2.87. The Kier molecular flexibility index (Phi) is 3.82. The lowest BCUT2D eigenvalue weighted by Crippen LogP contribution is -2.46. The molecule has 6 heteroatoms. The lowest BCUT2D eigenvalue weighted by molar-refractivity contribution is 0.437. The molecule has 1 aliphatic rings. The van der Waals surface area contributed by atoms with E-state index in [0.717, 1.165) is 36.5 Å². The third kappa shape index (κ3) is 2.35. The summed E-state index contributed by atoms with van der Waals surface area (Å²) in [5, 5.41) is 8.83. The van der Waals surface area contributed by atoms with Gasteiger partial charge in [-0.05, 0) is 25.8 Å². The zero-order valence-corrected chi connectivity index (χ0v) is 12.2. The summed E-state index contributed by atoms with van der Waals surface area (Å²) in [7, 11) is 1.92. The molecule has 0 spiro atoms. The van der Waals surface area contributed by atoms with E-state index in [2.05, 4.69) is 32.2 Å². The lowest BCUT2D eigenvalue weighted by Gasteiger charge is -2.37. The molecule has 0 aromatic carbocycles. The molecule has 20 heavy (non-hydrogen) atoms. The summed E-state index contributed by atoms with van der Waals surface area (Å²) in [4.78, 5) is 11.3. The van der Waals surface area contributed by atoms with Gasteiger partial charge in [0.1, 0.15) is 12.1 Å². The molecule has 1 aliphatic heterocycles. The topological polar surface area (TPSA) is 58.9 Å². The van der Waals surface area contributed by atoms with E-state index < -0.39 is 0 Å². The zero-order chi connectivity index (χ0) is 13.9. The fourth-order valence-electron chi connectivity index (χ4n) is 2.98. The zero-order valence-electron chi connectivity index (χ0n) is 12.2. The molecule has 108 valence electrons. The van der Waals surface area contributed by atoms with Crippen LogP contribution in [0.2, 0.25) is 0 Å². The number of nitrogens with zero attached hydrogens (tertiary/aromatic N) is 5. The highest BCUT2D eigenvalue weighted by Gasteiger charge is 2.25. The Morgan fingerprint density at radius 1 is 1.35 bits per heavy atom. The second-order valence-corrected chi connectivity index (χ2v) is 5.35. The third-order valence-electron chi connectivity index (χ3n) is 4.04. The van der Waals surface area contributed by atoms with Crippen molar-refractivity contribution < 1.29 is 0 Å². The van der Waals surface area contributed by atoms with Crippen LogP contribution in [-0.4, -0.2) is 45.4 Å². The predicted octanol–water partition coefficient (Wildman–Crippen LogP) is 1.33. The number of aryl methyl sites for hydroxylation is 1. The molecular weight excluding hydrogens is 252 g/mol. The first kappa shape index (κ1) is 13.3. The highest BCUT2D eigenvalue weighted by Crippen LogP contribution is 2.28. The van der Waals surface area contributed by atoms with Crippen molar-refractivity contribution in [3.05, 3.63) is 12.5 Å². The first-order valence-corrected chi connectivity index (χ1v) is 7.41. The minimum Gasteiger partial charge on any atom is -0.352 e. The number of hydrogen-bond acceptors (Lipinski definition) is 5. The number of nitrogens with one attached hydrogen (secondary N) is 1. The van der Waals surface area contributed by atoms with Crippen LogP contribution in [0.15, 0.2) is 12.5 Å². The molecule has 6 nitrogen and oxygen atoms in total. The van der Waals surface area contributed by atoms with Gasteiger partial charge in [0, 0.05) is 26.2 Å². The first-order valence-electron chi connectivity index (χ1n) is 7.41. The molecule has 0 bridgehead atoms. The Morgan fingerprint density at radius 3 is 3.10 bits per heavy atom. The van der Waals surface area contributed by atoms with E-state index in [1.54, 1.807) is 6.33 Å². The van der Waals surface area contributed by atoms with Crippen LogP contribution in [-0.2, 0) is 7.05 Å². The van der Waals surface area contributed by atoms with Crippen LogP contribution in [0.4, 0.5) is 5.82 Å². The number of rotatable bonds is 4. The van der Waals surface area contributed by atoms with E-state index >= 15 is 0 Å². The fraction of sp³-hybridized carbons (Fsp3) is 0.643. The van der Waals surface area contributed by atoms with Crippen LogP contribution in [0, 0.1) is 0 Å². The van der Waals surface area contributed by atoms with Crippen LogP contribution in [0.3, 0.4) is 0 Å². The molecule has 2 aromatic heterocycles. The Balaban J connectivity index is 1.95. The Bertz CT molecular complexity index is 578. The second kappa shape index (κ2) is 5.75. The van der Waals surface area contributed by atoms with Crippen LogP contribution >= 0.6 is 0 Å². The summed E-state index contributed by atoms with van der Waals surface area (Å²) in [6.45, 7) is 5.24. The smallest absolute Gasteiger partial charge is 0.163 e. The maximum Gasteiger partial charge on any atom is 0.163 e. The SMILES string of the molecule is CCNCC1CCCCN1c1ncnc2c1cnn2C. The Labute approximate surface area is 119 Å². The van der Waals surface area contributed by atoms with Crippen molar-refractivity contribution in [1.82, 2.24) is 25.1 Å². The quantitative estimate of drug-likeness (QED) is 0.911. The van der Waals surface area contributed by atoms with E-state index in [4.69, 9.17) is 0 Å². The summed E-state index contributed by atoms with van der Waals surface area (Å²) in [6, 6.07) is 0.516. The second-order valence-electron chi connectivity index (χ2n) is 5.35. The van der Waals surface area contributed by atoms with Crippen LogP contribution in [0.5, 0.6) is 0 Å². The van der Waals surface area contributed by atoms with E-state index in [-0.39, 0.29) is 0 Å². The number of piperidine rings is 1. The maximum absolute atomic E-state index is 4.54. The van der Waals surface area contributed by atoms with Crippen molar-refractivity contribution in [2.24, 2.45) is 7.05 Å². The van der Waals surface area contributed by atoms with Crippen molar-refractivity contribution in [3.63, 3.8) is 0 Å². The van der Waals surface area contributed by atoms with E-state index in [9.17, 15) is 0 Å². The average molecular weight is 274 g/mol. The number of aromatic nitrogens is 4. The van der Waals surface area contributed by atoms with E-state index in [0.29, 0.717) is 6.04 Å². The highest BCUT2D eigenvalue weighted by molar-refractivity contribution is 5.86. The third-order valence-corrected chi connectivity index (χ3v) is 4.04. The van der Waals surface area contributed by atoms with Crippen molar-refractivity contribution in [2.75, 3.05) is 24.5 Å². The van der Waals surface area contributed by atoms with Gasteiger partial charge in [0.2, 0.25) is 0 Å². The summed E-state index contributed by atoms with van der Waals surface area (Å²) >= 11 is 0. The van der Waals surface area contributed by atoms with Gasteiger partial charge in [-0.15, -0.1) is 0 Å². The molecule has 1 fully saturated rings. The molecule has 3 rings (SSSR count). The molecule has 0 saturated carbocycles. The van der Waals surface area contributed by atoms with Gasteiger partial charge in [0.25, 0.3) is 0 Å². The monoisotopic (exact) mass is 274 g/mol. The van der Waals surface area contributed by atoms with E-state index in [1.165, 1.54) is 19.3 Å². The minimum atomic E-state index is 0.516. The minimum absolute atomic E-state index is 0.516. The highest BCUT2D eigenvalue weighted by atomic mass is 15.3. The molecule has 1 atom stereocenters. The Morgan fingerprint density at radius 2 is 2.25 bits per heavy atom. The molecule has 0 amide bonds. The van der Waals surface area contributed by atoms with Gasteiger partial charge in [-0.2, -0.15) is 5.10 Å². The van der Waals surface area contributed by atoms with Gasteiger partial charge >= 0.3 is 0 Å². The Hall–Kier alpha value is -1.69. The number of hydrogen-bond donors (Lipinski definition) is 1. The van der Waals surface area contributed by atoms with Gasteiger partial charge in [-0.1, -0.05) is 6.92 Å². The van der Waals surface area contributed by atoms with Gasteiger partial charge in [0.05, 0.1) is 11.6 Å². The number of likely N-dealkylation sites (N-methyl/N-ethyl adjacent to an activating group) is 1. The van der Waals surface area contributed by atoms with Crippen molar-refractivity contribution in [2.45, 2.75) is 32.2 Å². The van der Waals surface area contributed by atoms with Gasteiger partial charge in [0.15, 0.2) is 5.65 Å². The molecule has 1 unspecified atom stereocenters. The van der Waals surface area contributed by atoms with Crippen molar-refractivity contribution >= 4 is 16.9 Å². The maximum atomic E-state index is 4.54. The largest absolute Gasteiger partial charge is 0.352 e. The van der Waals surface area contributed by atoms with Crippen LogP contribution in [0.25, 0.3) is 11.0 Å². The normalized spacial score (nSPS) is 19.7. The first-order chi connectivity index (χ1) is 9.81. The molecule has 2 aromatic rings. The molecule has 1 saturated heterocycles. The van der Waals surface area contributed by atoms with Gasteiger partial charge < -0.3 is 10.2 Å². The van der Waals surface area contributed by atoms with E-state index in [1.807, 2.05) is 17.9 Å².